The maximum absolute atomic E-state index is 13.0. The number of alkyl carbamates (subject to hydrolysis) is 1. The Balaban J connectivity index is 0.00000450. The molecule has 0 aliphatic carbocycles. The third-order valence-electron chi connectivity index (χ3n) is 4.79. The number of phenolic OH excluding ortho intramolecular Hbond substituents is 1. The number of amides is 1. The number of hydrogen-bond acceptors (Lipinski definition) is 5. The normalized spacial score (nSPS) is 12.5. The number of nitrogens with one attached hydrogen (secondary N) is 1. The van der Waals surface area contributed by atoms with Gasteiger partial charge in [-0.25, -0.2) is 4.79 Å². The highest BCUT2D eigenvalue weighted by Gasteiger charge is 2.35. The van der Waals surface area contributed by atoms with Gasteiger partial charge in [-0.05, 0) is 54.7 Å². The van der Waals surface area contributed by atoms with E-state index >= 15 is 0 Å². The zero-order chi connectivity index (χ0) is 21.3. The number of ketones is 1. The summed E-state index contributed by atoms with van der Waals surface area (Å²) in [6.45, 7) is 6.07. The second-order valence-electron chi connectivity index (χ2n) is 7.94. The van der Waals surface area contributed by atoms with Gasteiger partial charge < -0.3 is 15.2 Å². The lowest BCUT2D eigenvalue weighted by atomic mass is 9.85. The molecule has 6 nitrogen and oxygen atoms in total. The van der Waals surface area contributed by atoms with Gasteiger partial charge in [0.15, 0.2) is 5.78 Å². The van der Waals surface area contributed by atoms with E-state index in [1.54, 1.807) is 55.7 Å². The Bertz CT molecular complexity index is 797. The lowest BCUT2D eigenvalue weighted by Gasteiger charge is -2.29. The van der Waals surface area contributed by atoms with Gasteiger partial charge in [-0.15, -0.1) is 12.4 Å². The van der Waals surface area contributed by atoms with Crippen LogP contribution in [-0.4, -0.2) is 27.5 Å². The van der Waals surface area contributed by atoms with Crippen molar-refractivity contribution in [1.82, 2.24) is 10.3 Å². The lowest BCUT2D eigenvalue weighted by Crippen LogP contribution is -2.54. The monoisotopic (exact) mass is 434 g/mol. The molecule has 7 heteroatoms. The van der Waals surface area contributed by atoms with Crippen LogP contribution < -0.4 is 5.32 Å². The van der Waals surface area contributed by atoms with Crippen molar-refractivity contribution in [3.8, 4) is 5.75 Å². The smallest absolute Gasteiger partial charge is 0.408 e. The molecule has 30 heavy (non-hydrogen) atoms. The molecule has 1 atom stereocenters. The quantitative estimate of drug-likeness (QED) is 0.559. The number of nitrogens with zero attached hydrogens (tertiary/aromatic N) is 1. The summed E-state index contributed by atoms with van der Waals surface area (Å²) in [7, 11) is 0. The third kappa shape index (κ3) is 8.41. The van der Waals surface area contributed by atoms with Gasteiger partial charge in [0.25, 0.3) is 0 Å². The van der Waals surface area contributed by atoms with Crippen molar-refractivity contribution in [2.45, 2.75) is 58.6 Å². The second-order valence-corrected chi connectivity index (χ2v) is 7.94. The first-order valence-corrected chi connectivity index (χ1v) is 9.93. The van der Waals surface area contributed by atoms with Gasteiger partial charge in [0.05, 0.1) is 0 Å². The Kier molecular flexibility index (Phi) is 10.3. The molecule has 1 aromatic heterocycles. The van der Waals surface area contributed by atoms with Gasteiger partial charge >= 0.3 is 6.09 Å². The van der Waals surface area contributed by atoms with E-state index in [0.717, 1.165) is 24.0 Å². The van der Waals surface area contributed by atoms with Crippen LogP contribution in [0.2, 0.25) is 0 Å². The molecule has 0 saturated carbocycles. The molecule has 2 aromatic rings. The molecular weight excluding hydrogens is 404 g/mol. The first-order valence-electron chi connectivity index (χ1n) is 9.93. The van der Waals surface area contributed by atoms with Crippen molar-refractivity contribution in [3.63, 3.8) is 0 Å². The summed E-state index contributed by atoms with van der Waals surface area (Å²) in [5.41, 5.74) is 0.569. The Morgan fingerprint density at radius 2 is 1.73 bits per heavy atom. The highest BCUT2D eigenvalue weighted by atomic mass is 35.5. The van der Waals surface area contributed by atoms with Crippen LogP contribution in [-0.2, 0) is 22.6 Å². The average Bonchev–Trinajstić information content (AvgIpc) is 2.68. The number of aromatic hydroxyl groups is 1. The molecule has 2 N–H and O–H groups in total. The van der Waals surface area contributed by atoms with E-state index in [9.17, 15) is 14.7 Å². The van der Waals surface area contributed by atoms with E-state index in [1.807, 2.05) is 0 Å². The van der Waals surface area contributed by atoms with Crippen molar-refractivity contribution in [2.75, 3.05) is 0 Å². The van der Waals surface area contributed by atoms with E-state index in [1.165, 1.54) is 0 Å². The second kappa shape index (κ2) is 12.2. The van der Waals surface area contributed by atoms with Crippen LogP contribution in [0.4, 0.5) is 4.79 Å². The first kappa shape index (κ1) is 25.4. The van der Waals surface area contributed by atoms with Crippen molar-refractivity contribution in [1.29, 1.82) is 0 Å². The number of carbonyl (C=O) groups excluding carboxylic acids is 2. The minimum absolute atomic E-state index is 0. The van der Waals surface area contributed by atoms with Crippen LogP contribution in [0, 0.1) is 5.92 Å². The topological polar surface area (TPSA) is 88.5 Å². The molecule has 0 aliphatic rings. The number of Topliss-reactive ketones (excluding diaryl/α,β-unsaturated/α-hetero) is 1. The largest absolute Gasteiger partial charge is 0.508 e. The Morgan fingerprint density at radius 3 is 2.33 bits per heavy atom. The molecular formula is C23H31ClN2O4. The summed E-state index contributed by atoms with van der Waals surface area (Å²) < 4.78 is 5.30. The van der Waals surface area contributed by atoms with E-state index in [0.29, 0.717) is 18.8 Å². The Morgan fingerprint density at radius 1 is 1.10 bits per heavy atom. The average molecular weight is 435 g/mol. The van der Waals surface area contributed by atoms with Crippen LogP contribution >= 0.6 is 12.4 Å². The van der Waals surface area contributed by atoms with Gasteiger partial charge in [0.1, 0.15) is 17.9 Å². The molecule has 164 valence electrons. The minimum atomic E-state index is -1.09. The number of rotatable bonds is 10. The van der Waals surface area contributed by atoms with Gasteiger partial charge in [-0.1, -0.05) is 32.4 Å². The van der Waals surface area contributed by atoms with Crippen LogP contribution in [0.15, 0.2) is 48.8 Å². The van der Waals surface area contributed by atoms with Gasteiger partial charge in [-0.3, -0.25) is 9.78 Å². The fourth-order valence-corrected chi connectivity index (χ4v) is 3.07. The van der Waals surface area contributed by atoms with Crippen LogP contribution in [0.3, 0.4) is 0 Å². The number of ether oxygens (including phenoxy) is 1. The highest BCUT2D eigenvalue weighted by molar-refractivity contribution is 5.91. The molecule has 1 aromatic carbocycles. The van der Waals surface area contributed by atoms with Gasteiger partial charge in [-0.2, -0.15) is 0 Å². The van der Waals surface area contributed by atoms with Crippen molar-refractivity contribution >= 4 is 24.3 Å². The van der Waals surface area contributed by atoms with Gasteiger partial charge in [0, 0.05) is 25.2 Å². The lowest BCUT2D eigenvalue weighted by molar-refractivity contribution is -0.124. The van der Waals surface area contributed by atoms with Crippen molar-refractivity contribution < 1.29 is 19.4 Å². The maximum atomic E-state index is 13.0. The van der Waals surface area contributed by atoms with E-state index < -0.39 is 11.6 Å². The zero-order valence-electron chi connectivity index (χ0n) is 17.8. The maximum Gasteiger partial charge on any atom is 0.408 e. The highest BCUT2D eigenvalue weighted by Crippen LogP contribution is 2.21. The van der Waals surface area contributed by atoms with E-state index in [2.05, 4.69) is 24.1 Å². The SMILES string of the molecule is CC(C)CCCC(=O)[C@](C)(Cc1ccc(O)cc1)NC(=O)OCc1ccncc1.Cl. The fourth-order valence-electron chi connectivity index (χ4n) is 3.07. The zero-order valence-corrected chi connectivity index (χ0v) is 18.6. The molecule has 0 aliphatic heterocycles. The van der Waals surface area contributed by atoms with E-state index in [4.69, 9.17) is 4.74 Å². The predicted molar refractivity (Wildman–Crippen MR) is 119 cm³/mol. The number of pyridine rings is 1. The standard InChI is InChI=1S/C23H30N2O4.ClH/c1-17(2)5-4-6-21(27)23(3,15-18-7-9-20(26)10-8-18)25-22(28)29-16-19-11-13-24-14-12-19;/h7-14,17,26H,4-6,15-16H2,1-3H3,(H,25,28);1H/t23-;/m0./s1. The van der Waals surface area contributed by atoms with Gasteiger partial charge in [0.2, 0.25) is 0 Å². The summed E-state index contributed by atoms with van der Waals surface area (Å²) in [5.74, 6) is 0.639. The van der Waals surface area contributed by atoms with Crippen LogP contribution in [0.1, 0.15) is 51.2 Å². The Labute approximate surface area is 184 Å². The third-order valence-corrected chi connectivity index (χ3v) is 4.79. The molecule has 0 unspecified atom stereocenters. The molecule has 0 fully saturated rings. The summed E-state index contributed by atoms with van der Waals surface area (Å²) >= 11 is 0. The molecule has 0 saturated heterocycles. The Hall–Kier alpha value is -2.60. The van der Waals surface area contributed by atoms with Crippen molar-refractivity contribution in [3.05, 3.63) is 59.9 Å². The summed E-state index contributed by atoms with van der Waals surface area (Å²) in [6.07, 6.45) is 5.05. The number of halogens is 1. The molecule has 0 bridgehead atoms. The summed E-state index contributed by atoms with van der Waals surface area (Å²) in [6, 6.07) is 10.2. The molecule has 0 spiro atoms. The summed E-state index contributed by atoms with van der Waals surface area (Å²) in [5, 5.41) is 12.3. The molecule has 1 amide bonds. The molecule has 2 rings (SSSR count). The number of carbonyl (C=O) groups is 2. The van der Waals surface area contributed by atoms with E-state index in [-0.39, 0.29) is 30.5 Å². The van der Waals surface area contributed by atoms with Crippen LogP contribution in [0.25, 0.3) is 0 Å². The van der Waals surface area contributed by atoms with Crippen LogP contribution in [0.5, 0.6) is 5.75 Å². The number of benzene rings is 1. The number of aromatic nitrogens is 1. The molecule has 0 radical (unpaired) electrons. The number of phenols is 1. The number of hydrogen-bond donors (Lipinski definition) is 2. The first-order chi connectivity index (χ1) is 13.8. The fraction of sp³-hybridized carbons (Fsp3) is 0.435. The minimum Gasteiger partial charge on any atom is -0.508 e. The summed E-state index contributed by atoms with van der Waals surface area (Å²) in [4.78, 5) is 29.4. The van der Waals surface area contributed by atoms with Crippen molar-refractivity contribution in [2.24, 2.45) is 5.92 Å². The molecule has 1 heterocycles. The predicted octanol–water partition coefficient (Wildman–Crippen LogP) is 4.83.